The first-order valence-corrected chi connectivity index (χ1v) is 19.9. The van der Waals surface area contributed by atoms with Crippen LogP contribution in [0.1, 0.15) is 33.4 Å². The minimum absolute atomic E-state index is 0.135. The highest BCUT2D eigenvalue weighted by Gasteiger charge is 2.45. The average molecular weight is 960 g/mol. The SMILES string of the molecule is Cc1cc(Br)cc(Br)c1OCC(=O)Nc1ccc(C2(c3ccc(NC(=O)COc4c(C)cc(Br)cc4Br)cc3)c3ccccc3-c3ccccc32)cc1. The molecule has 1 aliphatic carbocycles. The van der Waals surface area contributed by atoms with E-state index in [0.717, 1.165) is 62.4 Å². The summed E-state index contributed by atoms with van der Waals surface area (Å²) in [4.78, 5) is 26.0. The molecule has 0 aliphatic heterocycles. The quantitative estimate of drug-likeness (QED) is 0.143. The minimum atomic E-state index is -0.652. The van der Waals surface area contributed by atoms with Crippen LogP contribution < -0.4 is 20.1 Å². The third-order valence-corrected chi connectivity index (χ3v) is 11.3. The molecule has 0 saturated carbocycles. The van der Waals surface area contributed by atoms with Gasteiger partial charge in [0, 0.05) is 20.3 Å². The van der Waals surface area contributed by atoms with Crippen LogP contribution in [0.15, 0.2) is 139 Å². The molecule has 266 valence electrons. The van der Waals surface area contributed by atoms with Crippen LogP contribution in [0.2, 0.25) is 0 Å². The molecule has 0 aromatic heterocycles. The zero-order valence-corrected chi connectivity index (χ0v) is 35.0. The lowest BCUT2D eigenvalue weighted by Crippen LogP contribution is -2.29. The van der Waals surface area contributed by atoms with Crippen LogP contribution in [0.25, 0.3) is 11.1 Å². The van der Waals surface area contributed by atoms with E-state index in [0.29, 0.717) is 22.9 Å². The van der Waals surface area contributed by atoms with Gasteiger partial charge in [-0.25, -0.2) is 0 Å². The summed E-state index contributed by atoms with van der Waals surface area (Å²) >= 11 is 14.0. The second kappa shape index (κ2) is 15.6. The highest BCUT2D eigenvalue weighted by atomic mass is 79.9. The average Bonchev–Trinajstić information content (AvgIpc) is 3.42. The Kier molecular flexibility index (Phi) is 10.9. The van der Waals surface area contributed by atoms with Crippen molar-refractivity contribution in [2.24, 2.45) is 0 Å². The summed E-state index contributed by atoms with van der Waals surface area (Å²) in [5.74, 6) is 0.728. The number of benzene rings is 6. The summed E-state index contributed by atoms with van der Waals surface area (Å²) < 4.78 is 15.1. The lowest BCUT2D eigenvalue weighted by molar-refractivity contribution is -0.118. The number of fused-ring (bicyclic) bond motifs is 3. The van der Waals surface area contributed by atoms with Crippen molar-refractivity contribution in [1.82, 2.24) is 0 Å². The number of anilines is 2. The maximum Gasteiger partial charge on any atom is 0.262 e. The Morgan fingerprint density at radius 2 is 0.925 bits per heavy atom. The summed E-state index contributed by atoms with van der Waals surface area (Å²) in [6, 6.07) is 40.6. The van der Waals surface area contributed by atoms with E-state index < -0.39 is 5.41 Å². The summed E-state index contributed by atoms with van der Waals surface area (Å²) in [5.41, 5.74) is 9.21. The van der Waals surface area contributed by atoms with E-state index in [2.05, 4.69) is 147 Å². The van der Waals surface area contributed by atoms with E-state index in [1.807, 2.05) is 62.4 Å². The Labute approximate surface area is 341 Å². The molecule has 0 radical (unpaired) electrons. The largest absolute Gasteiger partial charge is 0.482 e. The van der Waals surface area contributed by atoms with Gasteiger partial charge >= 0.3 is 0 Å². The molecule has 0 unspecified atom stereocenters. The summed E-state index contributed by atoms with van der Waals surface area (Å²) in [6.45, 7) is 3.59. The van der Waals surface area contributed by atoms with Crippen LogP contribution in [-0.4, -0.2) is 25.0 Å². The van der Waals surface area contributed by atoms with Gasteiger partial charge in [0.2, 0.25) is 0 Å². The second-order valence-corrected chi connectivity index (χ2v) is 16.3. The molecule has 1 aliphatic rings. The lowest BCUT2D eigenvalue weighted by Gasteiger charge is -2.34. The van der Waals surface area contributed by atoms with Crippen molar-refractivity contribution in [3.63, 3.8) is 0 Å². The Hall–Kier alpha value is -4.22. The van der Waals surface area contributed by atoms with E-state index in [1.165, 1.54) is 0 Å². The molecule has 53 heavy (non-hydrogen) atoms. The molecule has 0 atom stereocenters. The first-order valence-electron chi connectivity index (χ1n) is 16.7. The highest BCUT2D eigenvalue weighted by Crippen LogP contribution is 2.56. The number of ether oxygens (including phenoxy) is 2. The molecular weight excluding hydrogens is 928 g/mol. The predicted octanol–water partition coefficient (Wildman–Crippen LogP) is 11.8. The fourth-order valence-corrected chi connectivity index (χ4v) is 10.2. The number of hydrogen-bond donors (Lipinski definition) is 2. The molecule has 6 aromatic rings. The Balaban J connectivity index is 1.15. The normalized spacial score (nSPS) is 12.4. The van der Waals surface area contributed by atoms with Crippen molar-refractivity contribution in [2.75, 3.05) is 23.8 Å². The number of amides is 2. The molecular formula is C43H32Br4N2O4. The summed E-state index contributed by atoms with van der Waals surface area (Å²) in [7, 11) is 0. The molecule has 0 heterocycles. The third-order valence-electron chi connectivity index (χ3n) is 9.24. The number of carbonyl (C=O) groups is 2. The van der Waals surface area contributed by atoms with E-state index in [4.69, 9.17) is 9.47 Å². The van der Waals surface area contributed by atoms with Crippen molar-refractivity contribution in [2.45, 2.75) is 19.3 Å². The van der Waals surface area contributed by atoms with Gasteiger partial charge in [0.05, 0.1) is 14.4 Å². The molecule has 7 rings (SSSR count). The lowest BCUT2D eigenvalue weighted by atomic mass is 9.67. The zero-order valence-electron chi connectivity index (χ0n) is 28.6. The smallest absolute Gasteiger partial charge is 0.262 e. The van der Waals surface area contributed by atoms with Crippen LogP contribution in [0.5, 0.6) is 11.5 Å². The maximum atomic E-state index is 13.0. The first kappa shape index (κ1) is 37.1. The van der Waals surface area contributed by atoms with Gasteiger partial charge < -0.3 is 20.1 Å². The molecule has 0 saturated heterocycles. The van der Waals surface area contributed by atoms with Crippen molar-refractivity contribution in [1.29, 1.82) is 0 Å². The van der Waals surface area contributed by atoms with Crippen LogP contribution >= 0.6 is 63.7 Å². The number of carbonyl (C=O) groups excluding carboxylic acids is 2. The number of hydrogen-bond acceptors (Lipinski definition) is 4. The molecule has 2 amide bonds. The van der Waals surface area contributed by atoms with Crippen LogP contribution in [0.3, 0.4) is 0 Å². The van der Waals surface area contributed by atoms with Gasteiger partial charge in [-0.05, 0) is 139 Å². The molecule has 2 N–H and O–H groups in total. The van der Waals surface area contributed by atoms with Crippen molar-refractivity contribution >= 4 is 86.9 Å². The van der Waals surface area contributed by atoms with Crippen molar-refractivity contribution in [3.8, 4) is 22.6 Å². The molecule has 10 heteroatoms. The number of aryl methyl sites for hydroxylation is 2. The fraction of sp³-hybridized carbons (Fsp3) is 0.116. The van der Waals surface area contributed by atoms with Gasteiger partial charge in [0.1, 0.15) is 11.5 Å². The van der Waals surface area contributed by atoms with Crippen molar-refractivity contribution in [3.05, 3.63) is 173 Å². The molecule has 0 bridgehead atoms. The highest BCUT2D eigenvalue weighted by molar-refractivity contribution is 9.11. The van der Waals surface area contributed by atoms with Crippen LogP contribution in [0, 0.1) is 13.8 Å². The summed E-state index contributed by atoms with van der Waals surface area (Å²) in [5, 5.41) is 5.96. The number of halogens is 4. The monoisotopic (exact) mass is 956 g/mol. The standard InChI is InChI=1S/C43H32Br4N2O4/c1-25-19-29(44)21-37(46)41(25)52-23-39(50)48-31-15-11-27(12-16-31)43(35-9-5-3-7-33(35)34-8-4-6-10-36(34)43)28-13-17-32(18-14-28)49-40(51)24-53-42-26(2)20-30(45)22-38(42)47/h3-22H,23-24H2,1-2H3,(H,48,50)(H,49,51). The second-order valence-electron chi connectivity index (χ2n) is 12.7. The number of rotatable bonds is 10. The first-order chi connectivity index (χ1) is 25.5. The molecule has 6 nitrogen and oxygen atoms in total. The van der Waals surface area contributed by atoms with Gasteiger partial charge in [-0.2, -0.15) is 0 Å². The van der Waals surface area contributed by atoms with Gasteiger partial charge in [0.25, 0.3) is 11.8 Å². The van der Waals surface area contributed by atoms with E-state index in [-0.39, 0.29) is 25.0 Å². The molecule has 0 spiro atoms. The Bertz CT molecular complexity index is 2150. The van der Waals surface area contributed by atoms with E-state index >= 15 is 0 Å². The molecule has 0 fully saturated rings. The summed E-state index contributed by atoms with van der Waals surface area (Å²) in [6.07, 6.45) is 0. The topological polar surface area (TPSA) is 76.7 Å². The van der Waals surface area contributed by atoms with Gasteiger partial charge in [-0.1, -0.05) is 105 Å². The van der Waals surface area contributed by atoms with Gasteiger partial charge in [0.15, 0.2) is 13.2 Å². The maximum absolute atomic E-state index is 13.0. The van der Waals surface area contributed by atoms with Crippen LogP contribution in [0.4, 0.5) is 11.4 Å². The minimum Gasteiger partial charge on any atom is -0.482 e. The van der Waals surface area contributed by atoms with E-state index in [1.54, 1.807) is 0 Å². The zero-order chi connectivity index (χ0) is 37.3. The fourth-order valence-electron chi connectivity index (χ4n) is 7.04. The van der Waals surface area contributed by atoms with Gasteiger partial charge in [-0.3, -0.25) is 9.59 Å². The number of nitrogens with one attached hydrogen (secondary N) is 2. The third kappa shape index (κ3) is 7.47. The van der Waals surface area contributed by atoms with Gasteiger partial charge in [-0.15, -0.1) is 0 Å². The Morgan fingerprint density at radius 1 is 0.547 bits per heavy atom. The predicted molar refractivity (Wildman–Crippen MR) is 225 cm³/mol. The van der Waals surface area contributed by atoms with E-state index in [9.17, 15) is 9.59 Å². The Morgan fingerprint density at radius 3 is 1.30 bits per heavy atom. The van der Waals surface area contributed by atoms with Crippen LogP contribution in [-0.2, 0) is 15.0 Å². The van der Waals surface area contributed by atoms with Crippen molar-refractivity contribution < 1.29 is 19.1 Å². The molecule has 6 aromatic carbocycles.